The summed E-state index contributed by atoms with van der Waals surface area (Å²) >= 11 is 0. The molecule has 3 aromatic rings. The fourth-order valence-corrected chi connectivity index (χ4v) is 3.22. The van der Waals surface area contributed by atoms with Crippen molar-refractivity contribution < 1.29 is 14.3 Å². The van der Waals surface area contributed by atoms with Crippen LogP contribution in [0.3, 0.4) is 0 Å². The predicted molar refractivity (Wildman–Crippen MR) is 106 cm³/mol. The molecule has 0 aliphatic carbocycles. The number of carbonyl (C=O) groups is 1. The first-order valence-electron chi connectivity index (χ1n) is 8.87. The van der Waals surface area contributed by atoms with Gasteiger partial charge in [0.05, 0.1) is 0 Å². The number of ether oxygens (including phenoxy) is 2. The highest BCUT2D eigenvalue weighted by atomic mass is 16.7. The molecule has 2 N–H and O–H groups in total. The Morgan fingerprint density at radius 1 is 0.964 bits per heavy atom. The van der Waals surface area contributed by atoms with Gasteiger partial charge in [0.1, 0.15) is 17.8 Å². The number of hydrogen-bond donors (Lipinski definition) is 2. The number of hydrogen-bond acceptors (Lipinski definition) is 6. The first-order chi connectivity index (χ1) is 13.5. The number of carbonyl (C=O) groups excluding carboxylic acids is 1. The average molecular weight is 376 g/mol. The van der Waals surface area contributed by atoms with Crippen LogP contribution in [-0.4, -0.2) is 22.7 Å². The highest BCUT2D eigenvalue weighted by Crippen LogP contribution is 2.34. The Kier molecular flexibility index (Phi) is 4.57. The maximum atomic E-state index is 12.6. The smallest absolute Gasteiger partial charge is 0.274 e. The van der Waals surface area contributed by atoms with E-state index in [2.05, 4.69) is 39.7 Å². The van der Waals surface area contributed by atoms with E-state index in [4.69, 9.17) is 9.47 Å². The van der Waals surface area contributed by atoms with Gasteiger partial charge in [0.15, 0.2) is 11.5 Å². The van der Waals surface area contributed by atoms with Gasteiger partial charge < -0.3 is 20.1 Å². The lowest BCUT2D eigenvalue weighted by Gasteiger charge is -2.13. The zero-order valence-electron chi connectivity index (χ0n) is 15.9. The van der Waals surface area contributed by atoms with Crippen molar-refractivity contribution in [1.82, 2.24) is 9.97 Å². The van der Waals surface area contributed by atoms with Gasteiger partial charge in [-0.05, 0) is 44.0 Å². The second kappa shape index (κ2) is 7.19. The molecule has 1 aliphatic heterocycles. The molecule has 0 unspecified atom stereocenters. The third-order valence-electron chi connectivity index (χ3n) is 4.46. The average Bonchev–Trinajstić information content (AvgIpc) is 3.12. The van der Waals surface area contributed by atoms with Crippen molar-refractivity contribution in [2.24, 2.45) is 0 Å². The minimum atomic E-state index is -0.332. The van der Waals surface area contributed by atoms with Crippen LogP contribution in [0.5, 0.6) is 11.5 Å². The van der Waals surface area contributed by atoms with Gasteiger partial charge in [-0.25, -0.2) is 9.97 Å². The van der Waals surface area contributed by atoms with E-state index in [1.807, 2.05) is 13.8 Å². The normalized spacial score (nSPS) is 12.0. The number of benzene rings is 2. The predicted octanol–water partition coefficient (Wildman–Crippen LogP) is 4.13. The molecule has 0 saturated carbocycles. The van der Waals surface area contributed by atoms with Gasteiger partial charge in [-0.15, -0.1) is 0 Å². The van der Waals surface area contributed by atoms with Crippen LogP contribution in [0.1, 0.15) is 27.2 Å². The van der Waals surface area contributed by atoms with Gasteiger partial charge in [0.25, 0.3) is 5.91 Å². The summed E-state index contributed by atoms with van der Waals surface area (Å²) in [5.41, 5.74) is 5.27. The molecule has 2 aromatic carbocycles. The Morgan fingerprint density at radius 3 is 2.50 bits per heavy atom. The molecule has 28 heavy (non-hydrogen) atoms. The molecule has 7 nitrogen and oxygen atoms in total. The van der Waals surface area contributed by atoms with Crippen molar-refractivity contribution in [2.75, 3.05) is 17.4 Å². The molecule has 0 fully saturated rings. The van der Waals surface area contributed by atoms with Gasteiger partial charge in [-0.3, -0.25) is 4.79 Å². The molecule has 1 aromatic heterocycles. The standard InChI is InChI=1S/C21H20N4O3/c1-12-6-13(2)20(14(3)7-12)25-19-9-16(22-10-23-19)21(26)24-15-4-5-17-18(8-15)28-11-27-17/h4-10H,11H2,1-3H3,(H,24,26)(H,22,23,25). The Bertz CT molecular complexity index is 1040. The summed E-state index contributed by atoms with van der Waals surface area (Å²) in [6.07, 6.45) is 1.37. The molecule has 2 heterocycles. The van der Waals surface area contributed by atoms with Crippen LogP contribution in [0.25, 0.3) is 0 Å². The quantitative estimate of drug-likeness (QED) is 0.712. The molecule has 0 atom stereocenters. The van der Waals surface area contributed by atoms with Crippen LogP contribution in [-0.2, 0) is 0 Å². The van der Waals surface area contributed by atoms with E-state index in [1.54, 1.807) is 24.3 Å². The summed E-state index contributed by atoms with van der Waals surface area (Å²) in [6, 6.07) is 11.1. The number of amides is 1. The third kappa shape index (κ3) is 3.59. The number of aryl methyl sites for hydroxylation is 3. The molecule has 0 saturated heterocycles. The first kappa shape index (κ1) is 17.8. The summed E-state index contributed by atoms with van der Waals surface area (Å²) in [6.45, 7) is 6.33. The molecule has 0 radical (unpaired) electrons. The maximum absolute atomic E-state index is 12.6. The highest BCUT2D eigenvalue weighted by molar-refractivity contribution is 6.03. The zero-order chi connectivity index (χ0) is 19.7. The third-order valence-corrected chi connectivity index (χ3v) is 4.46. The fraction of sp³-hybridized carbons (Fsp3) is 0.190. The molecule has 0 bridgehead atoms. The van der Waals surface area contributed by atoms with Gasteiger partial charge in [0.2, 0.25) is 6.79 Å². The van der Waals surface area contributed by atoms with Gasteiger partial charge in [0, 0.05) is 23.5 Å². The van der Waals surface area contributed by atoms with Crippen molar-refractivity contribution >= 4 is 23.1 Å². The Balaban J connectivity index is 1.53. The number of nitrogens with zero attached hydrogens (tertiary/aromatic N) is 2. The Hall–Kier alpha value is -3.61. The fourth-order valence-electron chi connectivity index (χ4n) is 3.22. The minimum Gasteiger partial charge on any atom is -0.454 e. The second-order valence-electron chi connectivity index (χ2n) is 6.71. The minimum absolute atomic E-state index is 0.186. The Morgan fingerprint density at radius 2 is 1.71 bits per heavy atom. The molecular weight excluding hydrogens is 356 g/mol. The molecular formula is C21H20N4O3. The van der Waals surface area contributed by atoms with Crippen molar-refractivity contribution in [3.8, 4) is 11.5 Å². The van der Waals surface area contributed by atoms with Crippen LogP contribution in [0.2, 0.25) is 0 Å². The number of nitrogens with one attached hydrogen (secondary N) is 2. The van der Waals surface area contributed by atoms with E-state index in [9.17, 15) is 4.79 Å². The molecule has 4 rings (SSSR count). The van der Waals surface area contributed by atoms with Crippen LogP contribution in [0.15, 0.2) is 42.7 Å². The summed E-state index contributed by atoms with van der Waals surface area (Å²) in [4.78, 5) is 20.9. The van der Waals surface area contributed by atoms with Crippen molar-refractivity contribution in [1.29, 1.82) is 0 Å². The number of rotatable bonds is 4. The van der Waals surface area contributed by atoms with Crippen molar-refractivity contribution in [2.45, 2.75) is 20.8 Å². The Labute approximate surface area is 162 Å². The molecule has 1 amide bonds. The van der Waals surface area contributed by atoms with E-state index >= 15 is 0 Å². The second-order valence-corrected chi connectivity index (χ2v) is 6.71. The monoisotopic (exact) mass is 376 g/mol. The van der Waals surface area contributed by atoms with Crippen LogP contribution >= 0.6 is 0 Å². The topological polar surface area (TPSA) is 85.4 Å². The van der Waals surface area contributed by atoms with Gasteiger partial charge >= 0.3 is 0 Å². The lowest BCUT2D eigenvalue weighted by molar-refractivity contribution is 0.102. The number of fused-ring (bicyclic) bond motifs is 1. The van der Waals surface area contributed by atoms with Crippen molar-refractivity contribution in [3.05, 3.63) is 65.1 Å². The van der Waals surface area contributed by atoms with Gasteiger partial charge in [-0.2, -0.15) is 0 Å². The van der Waals surface area contributed by atoms with Crippen LogP contribution in [0, 0.1) is 20.8 Å². The molecule has 7 heteroatoms. The highest BCUT2D eigenvalue weighted by Gasteiger charge is 2.16. The van der Waals surface area contributed by atoms with E-state index in [1.165, 1.54) is 11.9 Å². The summed E-state index contributed by atoms with van der Waals surface area (Å²) in [5.74, 6) is 1.49. The number of aromatic nitrogens is 2. The molecule has 142 valence electrons. The van der Waals surface area contributed by atoms with Crippen molar-refractivity contribution in [3.63, 3.8) is 0 Å². The number of anilines is 3. The SMILES string of the molecule is Cc1cc(C)c(Nc2cc(C(=O)Nc3ccc4c(c3)OCO4)ncn2)c(C)c1. The lowest BCUT2D eigenvalue weighted by Crippen LogP contribution is -2.14. The molecule has 1 aliphatic rings. The van der Waals surface area contributed by atoms with E-state index < -0.39 is 0 Å². The molecule has 0 spiro atoms. The maximum Gasteiger partial charge on any atom is 0.274 e. The summed E-state index contributed by atoms with van der Waals surface area (Å²) in [5, 5.41) is 6.11. The van der Waals surface area contributed by atoms with E-state index in [-0.39, 0.29) is 18.4 Å². The summed E-state index contributed by atoms with van der Waals surface area (Å²) < 4.78 is 10.6. The van der Waals surface area contributed by atoms with E-state index in [0.29, 0.717) is 23.0 Å². The van der Waals surface area contributed by atoms with Gasteiger partial charge in [-0.1, -0.05) is 17.7 Å². The summed E-state index contributed by atoms with van der Waals surface area (Å²) in [7, 11) is 0. The largest absolute Gasteiger partial charge is 0.454 e. The lowest BCUT2D eigenvalue weighted by atomic mass is 10.1. The first-order valence-corrected chi connectivity index (χ1v) is 8.87. The van der Waals surface area contributed by atoms with Crippen LogP contribution < -0.4 is 20.1 Å². The zero-order valence-corrected chi connectivity index (χ0v) is 15.9. The van der Waals surface area contributed by atoms with Crippen LogP contribution in [0.4, 0.5) is 17.2 Å². The van der Waals surface area contributed by atoms with E-state index in [0.717, 1.165) is 16.8 Å².